The second-order valence-corrected chi connectivity index (χ2v) is 10.6. The van der Waals surface area contributed by atoms with E-state index in [9.17, 15) is 4.79 Å². The summed E-state index contributed by atoms with van der Waals surface area (Å²) >= 11 is 0. The number of rotatable bonds is 7. The van der Waals surface area contributed by atoms with Gasteiger partial charge in [-0.05, 0) is 80.3 Å². The Morgan fingerprint density at radius 1 is 1.05 bits per heavy atom. The molecule has 3 heterocycles. The fourth-order valence-electron chi connectivity index (χ4n) is 5.87. The molecule has 2 aromatic heterocycles. The van der Waals surface area contributed by atoms with Gasteiger partial charge in [-0.2, -0.15) is 0 Å². The lowest BCUT2D eigenvalue weighted by Gasteiger charge is -2.32. The first-order chi connectivity index (χ1) is 18.1. The first-order valence-electron chi connectivity index (χ1n) is 13.5. The van der Waals surface area contributed by atoms with E-state index in [0.29, 0.717) is 0 Å². The van der Waals surface area contributed by atoms with Gasteiger partial charge in [0.1, 0.15) is 11.9 Å². The summed E-state index contributed by atoms with van der Waals surface area (Å²) in [5.41, 5.74) is 7.12. The molecule has 37 heavy (non-hydrogen) atoms. The molecule has 0 bridgehead atoms. The minimum absolute atomic E-state index is 0.127. The molecule has 6 rings (SSSR count). The number of piperidine rings is 1. The third-order valence-corrected chi connectivity index (χ3v) is 7.76. The summed E-state index contributed by atoms with van der Waals surface area (Å²) in [6, 6.07) is 16.5. The molecule has 2 aromatic carbocycles. The van der Waals surface area contributed by atoms with Gasteiger partial charge < -0.3 is 19.0 Å². The van der Waals surface area contributed by atoms with Crippen LogP contribution in [-0.2, 0) is 25.9 Å². The zero-order chi connectivity index (χ0) is 25.2. The monoisotopic (exact) mass is 497 g/mol. The van der Waals surface area contributed by atoms with Gasteiger partial charge in [0, 0.05) is 66.7 Å². The van der Waals surface area contributed by atoms with Crippen LogP contribution in [0.25, 0.3) is 10.9 Å². The highest BCUT2D eigenvalue weighted by Gasteiger charge is 2.26. The number of aromatic nitrogens is 1. The molecule has 0 radical (unpaired) electrons. The lowest BCUT2D eigenvalue weighted by atomic mass is 9.95. The van der Waals surface area contributed by atoms with Crippen LogP contribution >= 0.6 is 0 Å². The predicted octanol–water partition coefficient (Wildman–Crippen LogP) is 5.96. The Hall–Kier alpha value is -3.51. The molecule has 1 saturated heterocycles. The van der Waals surface area contributed by atoms with Crippen LogP contribution in [0, 0.1) is 0 Å². The summed E-state index contributed by atoms with van der Waals surface area (Å²) in [7, 11) is 2.11. The number of benzene rings is 2. The third-order valence-electron chi connectivity index (χ3n) is 7.76. The van der Waals surface area contributed by atoms with Gasteiger partial charge >= 0.3 is 0 Å². The van der Waals surface area contributed by atoms with Gasteiger partial charge in [0.2, 0.25) is 0 Å². The molecule has 1 amide bonds. The van der Waals surface area contributed by atoms with E-state index in [0.717, 1.165) is 68.7 Å². The zero-order valence-corrected chi connectivity index (χ0v) is 21.5. The summed E-state index contributed by atoms with van der Waals surface area (Å²) in [5, 5.41) is 1.23. The highest BCUT2D eigenvalue weighted by atomic mass is 16.5. The second-order valence-electron chi connectivity index (χ2n) is 10.6. The van der Waals surface area contributed by atoms with E-state index >= 15 is 0 Å². The van der Waals surface area contributed by atoms with Gasteiger partial charge in [0.05, 0.1) is 12.5 Å². The number of H-pyrrole nitrogens is 1. The number of amides is 1. The molecule has 1 aliphatic heterocycles. The maximum atomic E-state index is 13.3. The molecule has 1 aliphatic carbocycles. The van der Waals surface area contributed by atoms with E-state index in [1.165, 1.54) is 40.6 Å². The van der Waals surface area contributed by atoms with E-state index < -0.39 is 0 Å². The standard InChI is InChI=1S/C31H35N3O3/c1-33(20-23-13-16-36-21-23)19-22-5-4-6-26(17-22)37-25-11-14-34(15-12-25)31(35)24-9-10-30-28(18-24)27-7-2-3-8-29(27)32-30/h4-6,9-10,13,16-18,21,25,32H,2-3,7-8,11-12,14-15,19-20H2,1H3. The van der Waals surface area contributed by atoms with E-state index in [4.69, 9.17) is 9.15 Å². The van der Waals surface area contributed by atoms with Crippen molar-refractivity contribution in [1.82, 2.24) is 14.8 Å². The molecule has 0 unspecified atom stereocenters. The minimum atomic E-state index is 0.127. The van der Waals surface area contributed by atoms with Gasteiger partial charge in [-0.1, -0.05) is 12.1 Å². The molecule has 192 valence electrons. The number of carbonyl (C=O) groups excluding carboxylic acids is 1. The van der Waals surface area contributed by atoms with Gasteiger partial charge in [0.15, 0.2) is 0 Å². The molecule has 6 nitrogen and oxygen atoms in total. The number of aromatic amines is 1. The van der Waals surface area contributed by atoms with Gasteiger partial charge in [-0.25, -0.2) is 0 Å². The van der Waals surface area contributed by atoms with Crippen molar-refractivity contribution in [2.24, 2.45) is 0 Å². The quantitative estimate of drug-likeness (QED) is 0.342. The minimum Gasteiger partial charge on any atom is -0.490 e. The molecule has 0 spiro atoms. The fraction of sp³-hybridized carbons (Fsp3) is 0.387. The van der Waals surface area contributed by atoms with Crippen molar-refractivity contribution in [2.45, 2.75) is 57.7 Å². The Kier molecular flexibility index (Phi) is 6.75. The van der Waals surface area contributed by atoms with Crippen molar-refractivity contribution in [3.63, 3.8) is 0 Å². The summed E-state index contributed by atoms with van der Waals surface area (Å²) in [5.74, 6) is 1.04. The SMILES string of the molecule is CN(Cc1ccoc1)Cc1cccc(OC2CCN(C(=O)c3ccc4[nH]c5c(c4c3)CCCC5)CC2)c1. The van der Waals surface area contributed by atoms with E-state index in [1.54, 1.807) is 12.5 Å². The largest absolute Gasteiger partial charge is 0.490 e. The summed E-state index contributed by atoms with van der Waals surface area (Å²) in [6.07, 6.45) is 10.0. The molecule has 1 fully saturated rings. The smallest absolute Gasteiger partial charge is 0.253 e. The van der Waals surface area contributed by atoms with Crippen LogP contribution in [0.4, 0.5) is 0 Å². The number of hydrogen-bond acceptors (Lipinski definition) is 4. The number of ether oxygens (including phenoxy) is 1. The summed E-state index contributed by atoms with van der Waals surface area (Å²) in [6.45, 7) is 3.12. The maximum absolute atomic E-state index is 13.3. The molecule has 0 saturated carbocycles. The maximum Gasteiger partial charge on any atom is 0.253 e. The van der Waals surface area contributed by atoms with Crippen molar-refractivity contribution in [3.8, 4) is 5.75 Å². The Morgan fingerprint density at radius 2 is 1.89 bits per heavy atom. The first kappa shape index (κ1) is 23.9. The van der Waals surface area contributed by atoms with Crippen molar-refractivity contribution >= 4 is 16.8 Å². The molecule has 1 N–H and O–H groups in total. The second kappa shape index (κ2) is 10.5. The van der Waals surface area contributed by atoms with Crippen LogP contribution in [0.15, 0.2) is 65.5 Å². The van der Waals surface area contributed by atoms with Crippen molar-refractivity contribution in [2.75, 3.05) is 20.1 Å². The van der Waals surface area contributed by atoms with Crippen LogP contribution in [-0.4, -0.2) is 46.9 Å². The van der Waals surface area contributed by atoms with Crippen LogP contribution in [0.1, 0.15) is 58.4 Å². The lowest BCUT2D eigenvalue weighted by Crippen LogP contribution is -2.41. The first-order valence-corrected chi connectivity index (χ1v) is 13.5. The summed E-state index contributed by atoms with van der Waals surface area (Å²) < 4.78 is 11.5. The Labute approximate surface area is 218 Å². The van der Waals surface area contributed by atoms with Crippen LogP contribution in [0.3, 0.4) is 0 Å². The number of nitrogens with one attached hydrogen (secondary N) is 1. The Bertz CT molecular complexity index is 1370. The molecule has 0 atom stereocenters. The molecular formula is C31H35N3O3. The number of aryl methyl sites for hydroxylation is 2. The number of furan rings is 1. The predicted molar refractivity (Wildman–Crippen MR) is 145 cm³/mol. The molecule has 6 heteroatoms. The van der Waals surface area contributed by atoms with Crippen LogP contribution in [0.2, 0.25) is 0 Å². The van der Waals surface area contributed by atoms with E-state index in [1.807, 2.05) is 23.1 Å². The van der Waals surface area contributed by atoms with Crippen molar-refractivity contribution < 1.29 is 13.9 Å². The fourth-order valence-corrected chi connectivity index (χ4v) is 5.87. The number of fused-ring (bicyclic) bond motifs is 3. The highest BCUT2D eigenvalue weighted by molar-refractivity contribution is 5.99. The third kappa shape index (κ3) is 5.30. The van der Waals surface area contributed by atoms with Gasteiger partial charge in [-0.15, -0.1) is 0 Å². The number of carbonyl (C=O) groups is 1. The Morgan fingerprint density at radius 3 is 2.73 bits per heavy atom. The topological polar surface area (TPSA) is 61.7 Å². The van der Waals surface area contributed by atoms with E-state index in [-0.39, 0.29) is 12.0 Å². The van der Waals surface area contributed by atoms with Crippen molar-refractivity contribution in [3.05, 3.63) is 89.0 Å². The van der Waals surface area contributed by atoms with Crippen LogP contribution < -0.4 is 4.74 Å². The lowest BCUT2D eigenvalue weighted by molar-refractivity contribution is 0.0595. The molecule has 2 aliphatic rings. The normalized spacial score (nSPS) is 16.3. The number of hydrogen-bond donors (Lipinski definition) is 1. The zero-order valence-electron chi connectivity index (χ0n) is 21.5. The highest BCUT2D eigenvalue weighted by Crippen LogP contribution is 2.30. The average molecular weight is 498 g/mol. The number of nitrogens with zero attached hydrogens (tertiary/aromatic N) is 2. The van der Waals surface area contributed by atoms with Crippen LogP contribution in [0.5, 0.6) is 5.75 Å². The van der Waals surface area contributed by atoms with E-state index in [2.05, 4.69) is 47.3 Å². The molecule has 4 aromatic rings. The Balaban J connectivity index is 1.04. The summed E-state index contributed by atoms with van der Waals surface area (Å²) in [4.78, 5) is 21.1. The van der Waals surface area contributed by atoms with Gasteiger partial charge in [0.25, 0.3) is 5.91 Å². The number of likely N-dealkylation sites (tertiary alicyclic amines) is 1. The average Bonchev–Trinajstić information content (AvgIpc) is 3.56. The van der Waals surface area contributed by atoms with Crippen molar-refractivity contribution in [1.29, 1.82) is 0 Å². The molecular weight excluding hydrogens is 462 g/mol. The van der Waals surface area contributed by atoms with Gasteiger partial charge in [-0.3, -0.25) is 9.69 Å².